The van der Waals surface area contributed by atoms with E-state index >= 15 is 0 Å². The number of Topliss-reactive ketones (excluding diaryl/α,β-unsaturated/α-hetero) is 1. The molecule has 2 aliphatic rings. The van der Waals surface area contributed by atoms with Crippen LogP contribution in [-0.2, 0) is 22.6 Å². The van der Waals surface area contributed by atoms with Crippen LogP contribution in [0.4, 0.5) is 5.69 Å². The van der Waals surface area contributed by atoms with Gasteiger partial charge >= 0.3 is 0 Å². The lowest BCUT2D eigenvalue weighted by molar-refractivity contribution is -0.118. The molecule has 0 N–H and O–H groups in total. The molecule has 0 radical (unpaired) electrons. The van der Waals surface area contributed by atoms with Crippen molar-refractivity contribution in [3.63, 3.8) is 0 Å². The van der Waals surface area contributed by atoms with E-state index < -0.39 is 0 Å². The van der Waals surface area contributed by atoms with Gasteiger partial charge in [-0.2, -0.15) is 0 Å². The van der Waals surface area contributed by atoms with E-state index in [9.17, 15) is 9.59 Å². The molecular weight excluding hydrogens is 398 g/mol. The van der Waals surface area contributed by atoms with Crippen molar-refractivity contribution in [1.82, 2.24) is 9.80 Å². The van der Waals surface area contributed by atoms with Crippen LogP contribution in [-0.4, -0.2) is 59.8 Å². The molecule has 0 bridgehead atoms. The van der Waals surface area contributed by atoms with Crippen molar-refractivity contribution in [2.45, 2.75) is 51.6 Å². The molecule has 0 atom stereocenters. The highest BCUT2D eigenvalue weighted by Crippen LogP contribution is 2.43. The number of ketones is 1. The number of carbonyl (C=O) groups is 2. The standard InChI is InChI=1S/C27H35N3O2/c1-3-26(32)30(25-7-5-4-6-8-25)21-27(13-14-27)29-17-15-28(16-18-29)20-24-11-9-23(10-12-24)19-22(2)31/h4-12H,3,13-21H2,1-2H3. The average Bonchev–Trinajstić information content (AvgIpc) is 3.60. The lowest BCUT2D eigenvalue weighted by atomic mass is 10.1. The Hall–Kier alpha value is -2.50. The van der Waals surface area contributed by atoms with Gasteiger partial charge in [0.25, 0.3) is 0 Å². The summed E-state index contributed by atoms with van der Waals surface area (Å²) in [7, 11) is 0. The lowest BCUT2D eigenvalue weighted by Crippen LogP contribution is -2.55. The van der Waals surface area contributed by atoms with Gasteiger partial charge < -0.3 is 4.90 Å². The molecule has 1 amide bonds. The van der Waals surface area contributed by atoms with E-state index in [2.05, 4.69) is 34.1 Å². The summed E-state index contributed by atoms with van der Waals surface area (Å²) >= 11 is 0. The highest BCUT2D eigenvalue weighted by atomic mass is 16.2. The quantitative estimate of drug-likeness (QED) is 0.601. The molecule has 0 unspecified atom stereocenters. The van der Waals surface area contributed by atoms with E-state index in [-0.39, 0.29) is 17.2 Å². The molecule has 2 fully saturated rings. The number of amides is 1. The Morgan fingerprint density at radius 1 is 0.906 bits per heavy atom. The number of hydrogen-bond donors (Lipinski definition) is 0. The van der Waals surface area contributed by atoms with Crippen LogP contribution >= 0.6 is 0 Å². The zero-order valence-corrected chi connectivity index (χ0v) is 19.4. The topological polar surface area (TPSA) is 43.9 Å². The van der Waals surface area contributed by atoms with E-state index in [4.69, 9.17) is 0 Å². The van der Waals surface area contributed by atoms with Crippen molar-refractivity contribution in [2.24, 2.45) is 0 Å². The maximum atomic E-state index is 12.7. The van der Waals surface area contributed by atoms with Gasteiger partial charge in [0.15, 0.2) is 0 Å². The first-order valence-corrected chi connectivity index (χ1v) is 11.9. The molecule has 32 heavy (non-hydrogen) atoms. The number of anilines is 1. The monoisotopic (exact) mass is 433 g/mol. The molecule has 1 saturated carbocycles. The zero-order chi connectivity index (χ0) is 22.6. The van der Waals surface area contributed by atoms with Gasteiger partial charge in [-0.15, -0.1) is 0 Å². The second-order valence-electron chi connectivity index (χ2n) is 9.35. The molecule has 0 aromatic heterocycles. The Labute approximate surface area is 192 Å². The maximum absolute atomic E-state index is 12.7. The molecule has 1 aliphatic heterocycles. The number of para-hydroxylation sites is 1. The van der Waals surface area contributed by atoms with Crippen LogP contribution in [0, 0.1) is 0 Å². The van der Waals surface area contributed by atoms with Crippen molar-refractivity contribution < 1.29 is 9.59 Å². The van der Waals surface area contributed by atoms with E-state index in [1.807, 2.05) is 42.2 Å². The normalized spacial score (nSPS) is 18.3. The van der Waals surface area contributed by atoms with Crippen LogP contribution in [0.2, 0.25) is 0 Å². The zero-order valence-electron chi connectivity index (χ0n) is 19.4. The number of piperazine rings is 1. The van der Waals surface area contributed by atoms with Crippen molar-refractivity contribution in [1.29, 1.82) is 0 Å². The molecule has 5 heteroatoms. The number of carbonyl (C=O) groups excluding carboxylic acids is 2. The summed E-state index contributed by atoms with van der Waals surface area (Å²) < 4.78 is 0. The molecule has 0 spiro atoms. The van der Waals surface area contributed by atoms with Gasteiger partial charge in [0.1, 0.15) is 5.78 Å². The highest BCUT2D eigenvalue weighted by Gasteiger charge is 2.50. The third-order valence-corrected chi connectivity index (χ3v) is 6.88. The molecule has 1 aliphatic carbocycles. The summed E-state index contributed by atoms with van der Waals surface area (Å²) in [6, 6.07) is 18.6. The predicted octanol–water partition coefficient (Wildman–Crippen LogP) is 3.91. The maximum Gasteiger partial charge on any atom is 0.226 e. The molecule has 4 rings (SSSR count). The van der Waals surface area contributed by atoms with Crippen LogP contribution in [0.3, 0.4) is 0 Å². The summed E-state index contributed by atoms with van der Waals surface area (Å²) in [6.07, 6.45) is 3.39. The third kappa shape index (κ3) is 5.45. The Morgan fingerprint density at radius 2 is 1.53 bits per heavy atom. The Bertz CT molecular complexity index is 914. The van der Waals surface area contributed by atoms with Crippen LogP contribution in [0.15, 0.2) is 54.6 Å². The van der Waals surface area contributed by atoms with E-state index in [0.29, 0.717) is 12.8 Å². The summed E-state index contributed by atoms with van der Waals surface area (Å²) in [4.78, 5) is 31.2. The van der Waals surface area contributed by atoms with Crippen molar-refractivity contribution in [2.75, 3.05) is 37.6 Å². The lowest BCUT2D eigenvalue weighted by Gasteiger charge is -2.41. The smallest absolute Gasteiger partial charge is 0.226 e. The molecule has 2 aromatic rings. The van der Waals surface area contributed by atoms with Crippen LogP contribution in [0.25, 0.3) is 0 Å². The van der Waals surface area contributed by atoms with E-state index in [0.717, 1.165) is 50.5 Å². The minimum Gasteiger partial charge on any atom is -0.311 e. The first kappa shape index (κ1) is 22.7. The SMILES string of the molecule is CCC(=O)N(CC1(N2CCN(Cc3ccc(CC(C)=O)cc3)CC2)CC1)c1ccccc1. The molecule has 2 aromatic carbocycles. The van der Waals surface area contributed by atoms with Gasteiger partial charge in [-0.3, -0.25) is 19.4 Å². The van der Waals surface area contributed by atoms with Gasteiger partial charge in [-0.05, 0) is 43.0 Å². The third-order valence-electron chi connectivity index (χ3n) is 6.88. The summed E-state index contributed by atoms with van der Waals surface area (Å²) in [6.45, 7) is 9.51. The average molecular weight is 434 g/mol. The summed E-state index contributed by atoms with van der Waals surface area (Å²) in [5, 5.41) is 0. The van der Waals surface area contributed by atoms with Crippen LogP contribution < -0.4 is 4.90 Å². The van der Waals surface area contributed by atoms with E-state index in [1.54, 1.807) is 6.92 Å². The predicted molar refractivity (Wildman–Crippen MR) is 129 cm³/mol. The number of benzene rings is 2. The van der Waals surface area contributed by atoms with Gasteiger partial charge in [0, 0.05) is 63.3 Å². The molecule has 1 heterocycles. The highest BCUT2D eigenvalue weighted by molar-refractivity contribution is 5.93. The van der Waals surface area contributed by atoms with Crippen LogP contribution in [0.5, 0.6) is 0 Å². The molecule has 1 saturated heterocycles. The number of hydrogen-bond acceptors (Lipinski definition) is 4. The first-order chi connectivity index (χ1) is 15.5. The number of rotatable bonds is 9. The Balaban J connectivity index is 1.33. The fourth-order valence-corrected chi connectivity index (χ4v) is 4.82. The number of nitrogens with zero attached hydrogens (tertiary/aromatic N) is 3. The van der Waals surface area contributed by atoms with Crippen molar-refractivity contribution in [3.05, 3.63) is 65.7 Å². The molecule has 170 valence electrons. The van der Waals surface area contributed by atoms with Crippen molar-refractivity contribution >= 4 is 17.4 Å². The van der Waals surface area contributed by atoms with Crippen molar-refractivity contribution in [3.8, 4) is 0 Å². The second kappa shape index (κ2) is 9.97. The second-order valence-corrected chi connectivity index (χ2v) is 9.35. The summed E-state index contributed by atoms with van der Waals surface area (Å²) in [5.74, 6) is 0.406. The first-order valence-electron chi connectivity index (χ1n) is 11.9. The minimum absolute atomic E-state index is 0.140. The van der Waals surface area contributed by atoms with Gasteiger partial charge in [0.05, 0.1) is 0 Å². The minimum atomic E-state index is 0.140. The van der Waals surface area contributed by atoms with Gasteiger partial charge in [0.2, 0.25) is 5.91 Å². The van der Waals surface area contributed by atoms with Gasteiger partial charge in [-0.1, -0.05) is 49.4 Å². The van der Waals surface area contributed by atoms with E-state index in [1.165, 1.54) is 18.4 Å². The Kier molecular flexibility index (Phi) is 7.07. The van der Waals surface area contributed by atoms with Crippen LogP contribution in [0.1, 0.15) is 44.2 Å². The summed E-state index contributed by atoms with van der Waals surface area (Å²) in [5.41, 5.74) is 3.54. The fraction of sp³-hybridized carbons (Fsp3) is 0.481. The molecule has 5 nitrogen and oxygen atoms in total. The van der Waals surface area contributed by atoms with Gasteiger partial charge in [-0.25, -0.2) is 0 Å². The largest absolute Gasteiger partial charge is 0.311 e. The fourth-order valence-electron chi connectivity index (χ4n) is 4.82. The molecular formula is C27H35N3O2. The Morgan fingerprint density at radius 3 is 2.09 bits per heavy atom.